The summed E-state index contributed by atoms with van der Waals surface area (Å²) in [5, 5.41) is 0. The first-order chi connectivity index (χ1) is 17.0. The number of H-pyrrole nitrogens is 1. The number of aromatic nitrogens is 1. The number of hydrogen-bond acceptors (Lipinski definition) is 1. The van der Waals surface area contributed by atoms with E-state index in [-0.39, 0.29) is 0 Å². The number of nitrogens with one attached hydrogen (secondary N) is 1. The summed E-state index contributed by atoms with van der Waals surface area (Å²) in [6, 6.07) is 30.0. The fourth-order valence-electron chi connectivity index (χ4n) is 4.61. The maximum absolute atomic E-state index is 5.18. The van der Waals surface area contributed by atoms with E-state index in [1.54, 1.807) is 0 Å². The molecular formula is C33H32N2. The Hall–Kier alpha value is -3.91. The van der Waals surface area contributed by atoms with Crippen molar-refractivity contribution in [1.82, 2.24) is 4.98 Å². The lowest BCUT2D eigenvalue weighted by molar-refractivity contribution is 0.832. The molecule has 0 saturated carbocycles. The quantitative estimate of drug-likeness (QED) is 0.300. The van der Waals surface area contributed by atoms with Gasteiger partial charge < -0.3 is 4.98 Å². The second-order valence-corrected chi connectivity index (χ2v) is 9.80. The van der Waals surface area contributed by atoms with E-state index >= 15 is 0 Å². The van der Waals surface area contributed by atoms with Crippen LogP contribution in [-0.2, 0) is 0 Å². The van der Waals surface area contributed by atoms with Crippen LogP contribution >= 0.6 is 0 Å². The highest BCUT2D eigenvalue weighted by atomic mass is 14.8. The summed E-state index contributed by atoms with van der Waals surface area (Å²) in [5.41, 5.74) is 11.7. The van der Waals surface area contributed by atoms with E-state index < -0.39 is 0 Å². The standard InChI is InChI=1S/C33H32N2/c1-22(2)25-15-19-30(31(20-25)23(3)4)33-29-13-9-8-12-28(29)32(35-33)21-27-18-17-26(34-27)16-14-24-10-6-5-7-11-24/h5-23,34H,1-4H3/b16-14+,32-21?. The molecule has 174 valence electrons. The first-order valence-electron chi connectivity index (χ1n) is 12.5. The molecule has 0 atom stereocenters. The van der Waals surface area contributed by atoms with Gasteiger partial charge in [-0.15, -0.1) is 0 Å². The molecule has 1 N–H and O–H groups in total. The maximum atomic E-state index is 5.18. The van der Waals surface area contributed by atoms with Crippen LogP contribution in [0.15, 0.2) is 89.9 Å². The van der Waals surface area contributed by atoms with Crippen LogP contribution in [0.3, 0.4) is 0 Å². The Kier molecular flexibility index (Phi) is 6.37. The van der Waals surface area contributed by atoms with Gasteiger partial charge in [0.2, 0.25) is 0 Å². The van der Waals surface area contributed by atoms with Crippen LogP contribution in [0.1, 0.15) is 84.3 Å². The highest BCUT2D eigenvalue weighted by Crippen LogP contribution is 2.35. The molecule has 0 saturated heterocycles. The molecule has 0 unspecified atom stereocenters. The molecule has 2 nitrogen and oxygen atoms in total. The summed E-state index contributed by atoms with van der Waals surface area (Å²) in [6.45, 7) is 9.04. The van der Waals surface area contributed by atoms with Crippen LogP contribution in [0.5, 0.6) is 0 Å². The van der Waals surface area contributed by atoms with Crippen molar-refractivity contribution in [3.63, 3.8) is 0 Å². The molecule has 4 aromatic rings. The van der Waals surface area contributed by atoms with Gasteiger partial charge in [-0.3, -0.25) is 0 Å². The average Bonchev–Trinajstić information content (AvgIpc) is 3.48. The second kappa shape index (κ2) is 9.76. The van der Waals surface area contributed by atoms with E-state index in [2.05, 4.69) is 130 Å². The van der Waals surface area contributed by atoms with Crippen LogP contribution in [0.25, 0.3) is 23.9 Å². The summed E-state index contributed by atoms with van der Waals surface area (Å²) in [5.74, 6) is 0.932. The van der Waals surface area contributed by atoms with E-state index in [9.17, 15) is 0 Å². The number of aromatic amines is 1. The fraction of sp³-hybridized carbons (Fsp3) is 0.182. The molecular weight excluding hydrogens is 424 g/mol. The third-order valence-corrected chi connectivity index (χ3v) is 6.59. The zero-order valence-corrected chi connectivity index (χ0v) is 20.9. The van der Waals surface area contributed by atoms with Gasteiger partial charge in [-0.1, -0.05) is 107 Å². The fourth-order valence-corrected chi connectivity index (χ4v) is 4.61. The molecule has 3 aromatic carbocycles. The van der Waals surface area contributed by atoms with Crippen molar-refractivity contribution in [2.75, 3.05) is 0 Å². The van der Waals surface area contributed by atoms with Gasteiger partial charge in [0.1, 0.15) is 0 Å². The molecule has 2 heterocycles. The molecule has 1 aliphatic heterocycles. The Morgan fingerprint density at radius 3 is 2.11 bits per heavy atom. The van der Waals surface area contributed by atoms with Crippen LogP contribution in [0.2, 0.25) is 0 Å². The third-order valence-electron chi connectivity index (χ3n) is 6.59. The van der Waals surface area contributed by atoms with E-state index in [4.69, 9.17) is 4.99 Å². The zero-order valence-electron chi connectivity index (χ0n) is 20.9. The van der Waals surface area contributed by atoms with Crippen LogP contribution < -0.4 is 0 Å². The van der Waals surface area contributed by atoms with Gasteiger partial charge in [-0.05, 0) is 52.8 Å². The highest BCUT2D eigenvalue weighted by Gasteiger charge is 2.24. The molecule has 0 bridgehead atoms. The first-order valence-corrected chi connectivity index (χ1v) is 12.5. The SMILES string of the molecule is CC(C)c1ccc(C2=NC(=Cc3ccc(/C=C/c4ccccc4)[nH]3)c3ccccc32)c(C(C)C)c1. The Morgan fingerprint density at radius 2 is 1.37 bits per heavy atom. The molecule has 0 amide bonds. The second-order valence-electron chi connectivity index (χ2n) is 9.80. The zero-order chi connectivity index (χ0) is 24.4. The molecule has 0 radical (unpaired) electrons. The molecule has 1 aliphatic rings. The van der Waals surface area contributed by atoms with Gasteiger partial charge in [0.15, 0.2) is 0 Å². The third kappa shape index (κ3) is 4.83. The van der Waals surface area contributed by atoms with Crippen molar-refractivity contribution < 1.29 is 0 Å². The maximum Gasteiger partial charge on any atom is 0.0791 e. The van der Waals surface area contributed by atoms with E-state index in [1.165, 1.54) is 33.4 Å². The Balaban J connectivity index is 1.52. The first kappa shape index (κ1) is 22.9. The lowest BCUT2D eigenvalue weighted by Crippen LogP contribution is -2.07. The van der Waals surface area contributed by atoms with Crippen LogP contribution in [0, 0.1) is 0 Å². The minimum atomic E-state index is 0.425. The number of benzene rings is 3. The number of hydrogen-bond donors (Lipinski definition) is 1. The smallest absolute Gasteiger partial charge is 0.0791 e. The van der Waals surface area contributed by atoms with Gasteiger partial charge in [0, 0.05) is 28.1 Å². The predicted molar refractivity (Wildman–Crippen MR) is 151 cm³/mol. The summed E-state index contributed by atoms with van der Waals surface area (Å²) >= 11 is 0. The van der Waals surface area contributed by atoms with E-state index in [1.807, 2.05) is 6.07 Å². The van der Waals surface area contributed by atoms with Gasteiger partial charge in [0.25, 0.3) is 0 Å². The number of aliphatic imine (C=N–C) groups is 1. The largest absolute Gasteiger partial charge is 0.355 e. The lowest BCUT2D eigenvalue weighted by Gasteiger charge is -2.17. The molecule has 1 aromatic heterocycles. The minimum absolute atomic E-state index is 0.425. The van der Waals surface area contributed by atoms with Crippen molar-refractivity contribution in [2.24, 2.45) is 4.99 Å². The minimum Gasteiger partial charge on any atom is -0.355 e. The number of nitrogens with zero attached hydrogens (tertiary/aromatic N) is 1. The molecule has 2 heteroatoms. The monoisotopic (exact) mass is 456 g/mol. The van der Waals surface area contributed by atoms with Crippen molar-refractivity contribution in [2.45, 2.75) is 39.5 Å². The summed E-state index contributed by atoms with van der Waals surface area (Å²) in [4.78, 5) is 8.69. The van der Waals surface area contributed by atoms with Gasteiger partial charge in [-0.25, -0.2) is 4.99 Å². The van der Waals surface area contributed by atoms with Crippen LogP contribution in [0.4, 0.5) is 0 Å². The van der Waals surface area contributed by atoms with E-state index in [0.29, 0.717) is 11.8 Å². The van der Waals surface area contributed by atoms with Gasteiger partial charge in [-0.2, -0.15) is 0 Å². The number of rotatable bonds is 6. The summed E-state index contributed by atoms with van der Waals surface area (Å²) in [6.07, 6.45) is 6.39. The van der Waals surface area contributed by atoms with E-state index in [0.717, 1.165) is 22.8 Å². The molecule has 0 fully saturated rings. The van der Waals surface area contributed by atoms with Crippen molar-refractivity contribution in [3.05, 3.63) is 130 Å². The topological polar surface area (TPSA) is 28.1 Å². The van der Waals surface area contributed by atoms with Gasteiger partial charge in [0.05, 0.1) is 11.4 Å². The normalized spacial score (nSPS) is 14.3. The Labute approximate surface area is 208 Å². The molecule has 5 rings (SSSR count). The van der Waals surface area contributed by atoms with Crippen molar-refractivity contribution in [3.8, 4) is 0 Å². The van der Waals surface area contributed by atoms with Gasteiger partial charge >= 0.3 is 0 Å². The molecule has 35 heavy (non-hydrogen) atoms. The summed E-state index contributed by atoms with van der Waals surface area (Å²) in [7, 11) is 0. The highest BCUT2D eigenvalue weighted by molar-refractivity contribution is 6.22. The molecule has 0 spiro atoms. The Morgan fingerprint density at radius 1 is 0.657 bits per heavy atom. The van der Waals surface area contributed by atoms with Crippen molar-refractivity contribution in [1.29, 1.82) is 0 Å². The predicted octanol–water partition coefficient (Wildman–Crippen LogP) is 8.78. The number of fused-ring (bicyclic) bond motifs is 1. The molecule has 0 aliphatic carbocycles. The lowest BCUT2D eigenvalue weighted by atomic mass is 9.87. The van der Waals surface area contributed by atoms with Crippen molar-refractivity contribution >= 4 is 29.6 Å². The summed E-state index contributed by atoms with van der Waals surface area (Å²) < 4.78 is 0. The average molecular weight is 457 g/mol. The van der Waals surface area contributed by atoms with Crippen LogP contribution in [-0.4, -0.2) is 10.7 Å². The Bertz CT molecular complexity index is 1430.